The van der Waals surface area contributed by atoms with Gasteiger partial charge < -0.3 is 23.7 Å². The summed E-state index contributed by atoms with van der Waals surface area (Å²) in [7, 11) is 0. The molecule has 13 heteroatoms. The molecule has 41 heavy (non-hydrogen) atoms. The van der Waals surface area contributed by atoms with Gasteiger partial charge in [-0.2, -0.15) is 0 Å². The van der Waals surface area contributed by atoms with Gasteiger partial charge in [0.2, 0.25) is 0 Å². The van der Waals surface area contributed by atoms with Gasteiger partial charge in [0.1, 0.15) is 17.0 Å². The quantitative estimate of drug-likeness (QED) is 0.123. The number of nitrogens with zero attached hydrogens (tertiary/aromatic N) is 2. The van der Waals surface area contributed by atoms with Crippen molar-refractivity contribution in [3.8, 4) is 5.75 Å². The van der Waals surface area contributed by atoms with Crippen LogP contribution >= 0.6 is 11.6 Å². The number of carbonyl (C=O) groups excluding carboxylic acids is 3. The highest BCUT2D eigenvalue weighted by Gasteiger charge is 2.50. The Kier molecular flexibility index (Phi) is 9.69. The van der Waals surface area contributed by atoms with Crippen LogP contribution in [0.5, 0.6) is 5.75 Å². The second-order valence-electron chi connectivity index (χ2n) is 11.3. The second-order valence-corrected chi connectivity index (χ2v) is 11.8. The van der Waals surface area contributed by atoms with Gasteiger partial charge in [0, 0.05) is 17.2 Å². The van der Waals surface area contributed by atoms with Crippen molar-refractivity contribution in [2.24, 2.45) is 0 Å². The van der Waals surface area contributed by atoms with Crippen LogP contribution in [-0.4, -0.2) is 64.2 Å². The molecule has 0 N–H and O–H groups in total. The van der Waals surface area contributed by atoms with E-state index >= 15 is 0 Å². The number of non-ortho nitro benzene ring substituents is 1. The summed E-state index contributed by atoms with van der Waals surface area (Å²) >= 11 is 6.04. The number of carbonyl (C=O) groups is 3. The number of hydrogen-bond donors (Lipinski definition) is 0. The molecule has 0 aromatic heterocycles. The van der Waals surface area contributed by atoms with Gasteiger partial charge >= 0.3 is 18.4 Å². The van der Waals surface area contributed by atoms with Crippen LogP contribution in [-0.2, 0) is 25.4 Å². The van der Waals surface area contributed by atoms with E-state index in [-0.39, 0.29) is 24.4 Å². The molecule has 0 aliphatic carbocycles. The zero-order valence-electron chi connectivity index (χ0n) is 23.6. The van der Waals surface area contributed by atoms with Crippen molar-refractivity contribution in [1.82, 2.24) is 4.90 Å². The van der Waals surface area contributed by atoms with E-state index < -0.39 is 52.8 Å². The molecule has 222 valence electrons. The van der Waals surface area contributed by atoms with E-state index in [2.05, 4.69) is 0 Å². The summed E-state index contributed by atoms with van der Waals surface area (Å²) in [5.74, 6) is -0.0125. The third-order valence-corrected chi connectivity index (χ3v) is 5.88. The number of benzene rings is 2. The topological polar surface area (TPSA) is 144 Å². The summed E-state index contributed by atoms with van der Waals surface area (Å²) in [6.45, 7) is 9.94. The van der Waals surface area contributed by atoms with Crippen LogP contribution in [0.2, 0.25) is 5.02 Å². The zero-order valence-corrected chi connectivity index (χ0v) is 24.4. The van der Waals surface area contributed by atoms with Gasteiger partial charge in [-0.25, -0.2) is 14.4 Å². The van der Waals surface area contributed by atoms with Gasteiger partial charge in [-0.1, -0.05) is 23.7 Å². The van der Waals surface area contributed by atoms with Crippen LogP contribution < -0.4 is 4.74 Å². The lowest BCUT2D eigenvalue weighted by Gasteiger charge is -2.30. The molecule has 1 aliphatic heterocycles. The predicted octanol–water partition coefficient (Wildman–Crippen LogP) is 6.31. The standard InChI is InChI=1S/C28H33ClN2O10/c1-27(2,3)40-24(32)30-16-22(38-26(34)41-28(4,5)6)23(21(30)15-17-7-9-18(29)10-8-17)39-25(33)37-20-13-11-19(12-14-20)31(35)36/h7-14,21-23H,15-16H2,1-6H3/t21-,22+,23+/m1/s1. The van der Waals surface area contributed by atoms with Crippen LogP contribution in [0, 0.1) is 10.1 Å². The van der Waals surface area contributed by atoms with Crippen molar-refractivity contribution in [3.63, 3.8) is 0 Å². The number of hydrogen-bond acceptors (Lipinski definition) is 10. The first kappa shape index (κ1) is 31.5. The molecule has 1 amide bonds. The molecule has 2 aromatic carbocycles. The Labute approximate surface area is 242 Å². The first-order valence-electron chi connectivity index (χ1n) is 12.8. The van der Waals surface area contributed by atoms with Crippen LogP contribution in [0.1, 0.15) is 47.1 Å². The van der Waals surface area contributed by atoms with Gasteiger partial charge in [-0.3, -0.25) is 15.0 Å². The normalized spacial score (nSPS) is 18.8. The predicted molar refractivity (Wildman–Crippen MR) is 147 cm³/mol. The molecule has 2 aromatic rings. The van der Waals surface area contributed by atoms with E-state index in [1.54, 1.807) is 65.8 Å². The maximum atomic E-state index is 13.3. The molecule has 1 saturated heterocycles. The van der Waals surface area contributed by atoms with Crippen molar-refractivity contribution in [3.05, 3.63) is 69.2 Å². The molecule has 3 rings (SSSR count). The minimum absolute atomic E-state index is 0.0125. The fourth-order valence-corrected chi connectivity index (χ4v) is 4.13. The number of halogens is 1. The molecule has 0 unspecified atom stereocenters. The lowest BCUT2D eigenvalue weighted by Crippen LogP contribution is -2.45. The lowest BCUT2D eigenvalue weighted by atomic mass is 10.0. The van der Waals surface area contributed by atoms with E-state index in [1.165, 1.54) is 29.2 Å². The Morgan fingerprint density at radius 3 is 2.02 bits per heavy atom. The molecular weight excluding hydrogens is 560 g/mol. The van der Waals surface area contributed by atoms with Crippen LogP contribution in [0.25, 0.3) is 0 Å². The molecule has 1 heterocycles. The molecule has 1 aliphatic rings. The number of amides is 1. The zero-order chi connectivity index (χ0) is 30.5. The first-order valence-corrected chi connectivity index (χ1v) is 13.1. The van der Waals surface area contributed by atoms with Crippen molar-refractivity contribution in [1.29, 1.82) is 0 Å². The monoisotopic (exact) mass is 592 g/mol. The number of nitro benzene ring substituents is 1. The highest BCUT2D eigenvalue weighted by Crippen LogP contribution is 2.31. The van der Waals surface area contributed by atoms with Crippen LogP contribution in [0.3, 0.4) is 0 Å². The minimum Gasteiger partial charge on any atom is -0.444 e. The molecule has 0 bridgehead atoms. The number of likely N-dealkylation sites (tertiary alicyclic amines) is 1. The van der Waals surface area contributed by atoms with Crippen molar-refractivity contribution in [2.75, 3.05) is 6.54 Å². The van der Waals surface area contributed by atoms with Crippen molar-refractivity contribution in [2.45, 2.75) is 77.4 Å². The molecule has 3 atom stereocenters. The maximum Gasteiger partial charge on any atom is 0.514 e. The van der Waals surface area contributed by atoms with Crippen LogP contribution in [0.15, 0.2) is 48.5 Å². The molecule has 0 spiro atoms. The Hall–Kier alpha value is -4.06. The third kappa shape index (κ3) is 9.52. The van der Waals surface area contributed by atoms with Crippen molar-refractivity contribution < 1.29 is 43.0 Å². The number of nitro groups is 1. The summed E-state index contributed by atoms with van der Waals surface area (Å²) in [5.41, 5.74) is -1.14. The third-order valence-electron chi connectivity index (χ3n) is 5.63. The van der Waals surface area contributed by atoms with Gasteiger partial charge in [0.25, 0.3) is 5.69 Å². The summed E-state index contributed by atoms with van der Waals surface area (Å²) in [6.07, 6.45) is -5.05. The lowest BCUT2D eigenvalue weighted by molar-refractivity contribution is -0.384. The fraction of sp³-hybridized carbons (Fsp3) is 0.464. The molecule has 12 nitrogen and oxygen atoms in total. The molecule has 1 fully saturated rings. The Bertz CT molecular complexity index is 1250. The van der Waals surface area contributed by atoms with Crippen molar-refractivity contribution >= 4 is 35.7 Å². The van der Waals surface area contributed by atoms with E-state index in [1.807, 2.05) is 0 Å². The van der Waals surface area contributed by atoms with Gasteiger partial charge in [-0.05, 0) is 77.8 Å². The highest BCUT2D eigenvalue weighted by atomic mass is 35.5. The van der Waals surface area contributed by atoms with Gasteiger partial charge in [-0.15, -0.1) is 0 Å². The Morgan fingerprint density at radius 1 is 0.902 bits per heavy atom. The van der Waals surface area contributed by atoms with E-state index in [4.69, 9.17) is 35.3 Å². The van der Waals surface area contributed by atoms with Crippen LogP contribution in [0.4, 0.5) is 20.1 Å². The minimum atomic E-state index is -1.20. The average molecular weight is 593 g/mol. The summed E-state index contributed by atoms with van der Waals surface area (Å²) < 4.78 is 27.3. The number of rotatable bonds is 6. The van der Waals surface area contributed by atoms with Gasteiger partial charge in [0.15, 0.2) is 12.2 Å². The second kappa shape index (κ2) is 12.6. The fourth-order valence-electron chi connectivity index (χ4n) is 4.00. The largest absolute Gasteiger partial charge is 0.514 e. The van der Waals surface area contributed by atoms with Gasteiger partial charge in [0.05, 0.1) is 17.5 Å². The smallest absolute Gasteiger partial charge is 0.444 e. The Balaban J connectivity index is 1.92. The molecule has 0 radical (unpaired) electrons. The van der Waals surface area contributed by atoms with E-state index in [0.29, 0.717) is 5.02 Å². The van der Waals surface area contributed by atoms with E-state index in [0.717, 1.165) is 5.56 Å². The number of ether oxygens (including phenoxy) is 5. The summed E-state index contributed by atoms with van der Waals surface area (Å²) in [4.78, 5) is 50.4. The average Bonchev–Trinajstić information content (AvgIpc) is 3.15. The van der Waals surface area contributed by atoms with E-state index in [9.17, 15) is 24.5 Å². The SMILES string of the molecule is CC(C)(C)OC(=O)O[C@H]1CN(C(=O)OC(C)(C)C)[C@H](Cc2ccc(Cl)cc2)[C@@H]1OC(=O)Oc1ccc([N+](=O)[O-])cc1. The Morgan fingerprint density at radius 2 is 1.49 bits per heavy atom. The highest BCUT2D eigenvalue weighted by molar-refractivity contribution is 6.30. The summed E-state index contributed by atoms with van der Waals surface area (Å²) in [5, 5.41) is 11.4. The first-order chi connectivity index (χ1) is 19.0. The maximum absolute atomic E-state index is 13.3. The summed E-state index contributed by atoms with van der Waals surface area (Å²) in [6, 6.07) is 10.8. The molecule has 0 saturated carbocycles. The molecular formula is C28H33ClN2O10.